The molecule has 1 N–H and O–H groups in total. The molecule has 9 heteroatoms. The maximum Gasteiger partial charge on any atom is 0.244 e. The molecule has 0 atom stereocenters. The fourth-order valence-electron chi connectivity index (χ4n) is 2.79. The van der Waals surface area contributed by atoms with Gasteiger partial charge in [-0.25, -0.2) is 8.42 Å². The molecule has 0 aliphatic carbocycles. The van der Waals surface area contributed by atoms with Crippen molar-refractivity contribution in [2.24, 2.45) is 0 Å². The van der Waals surface area contributed by atoms with Crippen molar-refractivity contribution < 1.29 is 8.42 Å². The van der Waals surface area contributed by atoms with Gasteiger partial charge in [0.1, 0.15) is 0 Å². The lowest BCUT2D eigenvalue weighted by Gasteiger charge is -2.18. The van der Waals surface area contributed by atoms with Gasteiger partial charge in [-0.05, 0) is 29.8 Å². The minimum atomic E-state index is -3.57. The Labute approximate surface area is 158 Å². The monoisotopic (exact) mass is 384 g/mol. The van der Waals surface area contributed by atoms with Gasteiger partial charge in [-0.3, -0.25) is 4.40 Å². The van der Waals surface area contributed by atoms with Crippen LogP contribution in [-0.4, -0.2) is 40.4 Å². The van der Waals surface area contributed by atoms with Crippen LogP contribution in [0.1, 0.15) is 25.0 Å². The van der Waals surface area contributed by atoms with E-state index in [-0.39, 0.29) is 4.90 Å². The summed E-state index contributed by atoms with van der Waals surface area (Å²) in [4.78, 5) is 0.188. The first-order valence-corrected chi connectivity index (χ1v) is 10.0. The summed E-state index contributed by atoms with van der Waals surface area (Å²) in [6.45, 7) is 4.85. The predicted molar refractivity (Wildman–Crippen MR) is 102 cm³/mol. The summed E-state index contributed by atoms with van der Waals surface area (Å²) in [7, 11) is -3.57. The van der Waals surface area contributed by atoms with Crippen LogP contribution in [0.25, 0.3) is 5.65 Å². The SMILES string of the molecule is CCN(CC)S(=O)(=O)c1ccc2nnc(NCc3cccc(C#N)c3)n2c1. The highest BCUT2D eigenvalue weighted by Gasteiger charge is 2.22. The maximum absolute atomic E-state index is 12.7. The van der Waals surface area contributed by atoms with Crippen molar-refractivity contribution in [3.05, 3.63) is 53.7 Å². The molecule has 0 fully saturated rings. The molecule has 2 heterocycles. The number of fused-ring (bicyclic) bond motifs is 1. The number of aromatic nitrogens is 3. The Bertz CT molecular complexity index is 1100. The van der Waals surface area contributed by atoms with Crippen LogP contribution < -0.4 is 5.32 Å². The van der Waals surface area contributed by atoms with Gasteiger partial charge in [0.05, 0.1) is 16.5 Å². The number of anilines is 1. The summed E-state index contributed by atoms with van der Waals surface area (Å²) in [5.74, 6) is 0.434. The van der Waals surface area contributed by atoms with E-state index in [1.807, 2.05) is 12.1 Å². The zero-order valence-electron chi connectivity index (χ0n) is 15.1. The number of hydrogen-bond donors (Lipinski definition) is 1. The van der Waals surface area contributed by atoms with Gasteiger partial charge in [0, 0.05) is 25.8 Å². The normalized spacial score (nSPS) is 11.6. The van der Waals surface area contributed by atoms with E-state index < -0.39 is 10.0 Å². The second kappa shape index (κ2) is 7.73. The summed E-state index contributed by atoms with van der Waals surface area (Å²) in [6.07, 6.45) is 1.52. The summed E-state index contributed by atoms with van der Waals surface area (Å²) < 4.78 is 28.5. The molecule has 0 bridgehead atoms. The van der Waals surface area contributed by atoms with Crippen molar-refractivity contribution in [2.75, 3.05) is 18.4 Å². The number of nitrogens with one attached hydrogen (secondary N) is 1. The summed E-state index contributed by atoms with van der Waals surface area (Å²) in [6, 6.07) is 12.5. The van der Waals surface area contributed by atoms with E-state index in [9.17, 15) is 8.42 Å². The fraction of sp³-hybridized carbons (Fsp3) is 0.278. The molecule has 140 valence electrons. The van der Waals surface area contributed by atoms with E-state index in [2.05, 4.69) is 21.6 Å². The molecule has 0 aliphatic heterocycles. The lowest BCUT2D eigenvalue weighted by molar-refractivity contribution is 0.445. The largest absolute Gasteiger partial charge is 0.350 e. The second-order valence-corrected chi connectivity index (χ2v) is 7.81. The summed E-state index contributed by atoms with van der Waals surface area (Å²) in [5, 5.41) is 20.3. The number of sulfonamides is 1. The van der Waals surface area contributed by atoms with Gasteiger partial charge in [0.15, 0.2) is 5.65 Å². The third-order valence-electron chi connectivity index (χ3n) is 4.23. The lowest BCUT2D eigenvalue weighted by atomic mass is 10.1. The number of benzene rings is 1. The van der Waals surface area contributed by atoms with Gasteiger partial charge in [-0.2, -0.15) is 9.57 Å². The molecule has 3 aromatic rings. The van der Waals surface area contributed by atoms with E-state index in [1.54, 1.807) is 36.4 Å². The van der Waals surface area contributed by atoms with Crippen LogP contribution in [0, 0.1) is 11.3 Å². The molecule has 0 spiro atoms. The molecule has 0 radical (unpaired) electrons. The van der Waals surface area contributed by atoms with Crippen molar-refractivity contribution in [3.8, 4) is 6.07 Å². The second-order valence-electron chi connectivity index (χ2n) is 5.87. The van der Waals surface area contributed by atoms with E-state index in [0.29, 0.717) is 36.8 Å². The maximum atomic E-state index is 12.7. The standard InChI is InChI=1S/C18H20N6O2S/c1-3-23(4-2)27(25,26)16-8-9-17-21-22-18(24(17)13-16)20-12-15-7-5-6-14(10-15)11-19/h5-10,13H,3-4,12H2,1-2H3,(H,20,22). The number of nitrogens with zero attached hydrogens (tertiary/aromatic N) is 5. The highest BCUT2D eigenvalue weighted by atomic mass is 32.2. The highest BCUT2D eigenvalue weighted by molar-refractivity contribution is 7.89. The molecule has 0 saturated carbocycles. The highest BCUT2D eigenvalue weighted by Crippen LogP contribution is 2.18. The van der Waals surface area contributed by atoms with Crippen molar-refractivity contribution >= 4 is 21.6 Å². The molecule has 0 saturated heterocycles. The molecule has 0 amide bonds. The smallest absolute Gasteiger partial charge is 0.244 e. The van der Waals surface area contributed by atoms with E-state index in [4.69, 9.17) is 5.26 Å². The Morgan fingerprint density at radius 2 is 1.96 bits per heavy atom. The average molecular weight is 384 g/mol. The Kier molecular flexibility index (Phi) is 5.39. The molecular formula is C18H20N6O2S. The van der Waals surface area contributed by atoms with Gasteiger partial charge in [-0.15, -0.1) is 10.2 Å². The summed E-state index contributed by atoms with van der Waals surface area (Å²) >= 11 is 0. The summed E-state index contributed by atoms with van der Waals surface area (Å²) in [5.41, 5.74) is 2.03. The van der Waals surface area contributed by atoms with Crippen molar-refractivity contribution in [1.82, 2.24) is 18.9 Å². The molecule has 3 rings (SSSR count). The van der Waals surface area contributed by atoms with Crippen LogP contribution in [0.5, 0.6) is 0 Å². The van der Waals surface area contributed by atoms with Crippen LogP contribution >= 0.6 is 0 Å². The Morgan fingerprint density at radius 3 is 2.67 bits per heavy atom. The molecule has 0 aliphatic rings. The molecule has 8 nitrogen and oxygen atoms in total. The first-order chi connectivity index (χ1) is 13.0. The first kappa shape index (κ1) is 18.8. The number of rotatable bonds is 7. The third-order valence-corrected chi connectivity index (χ3v) is 6.26. The third kappa shape index (κ3) is 3.77. The average Bonchev–Trinajstić information content (AvgIpc) is 3.09. The van der Waals surface area contributed by atoms with Gasteiger partial charge in [0.25, 0.3) is 0 Å². The Balaban J connectivity index is 1.90. The number of hydrogen-bond acceptors (Lipinski definition) is 6. The molecule has 1 aromatic carbocycles. The van der Waals surface area contributed by atoms with Gasteiger partial charge in [0.2, 0.25) is 16.0 Å². The van der Waals surface area contributed by atoms with Crippen LogP contribution in [0.4, 0.5) is 5.95 Å². The Hall–Kier alpha value is -2.96. The van der Waals surface area contributed by atoms with Crippen LogP contribution in [0.15, 0.2) is 47.5 Å². The Morgan fingerprint density at radius 1 is 1.19 bits per heavy atom. The molecular weight excluding hydrogens is 364 g/mol. The zero-order valence-corrected chi connectivity index (χ0v) is 15.9. The van der Waals surface area contributed by atoms with Crippen LogP contribution in [-0.2, 0) is 16.6 Å². The minimum Gasteiger partial charge on any atom is -0.350 e. The van der Waals surface area contributed by atoms with Crippen molar-refractivity contribution in [1.29, 1.82) is 5.26 Å². The van der Waals surface area contributed by atoms with Crippen LogP contribution in [0.3, 0.4) is 0 Å². The van der Waals surface area contributed by atoms with E-state index in [1.165, 1.54) is 16.6 Å². The van der Waals surface area contributed by atoms with E-state index >= 15 is 0 Å². The topological polar surface area (TPSA) is 103 Å². The predicted octanol–water partition coefficient (Wildman–Crippen LogP) is 2.24. The van der Waals surface area contributed by atoms with Crippen molar-refractivity contribution in [3.63, 3.8) is 0 Å². The lowest BCUT2D eigenvalue weighted by Crippen LogP contribution is -2.30. The van der Waals surface area contributed by atoms with Gasteiger partial charge in [-0.1, -0.05) is 26.0 Å². The quantitative estimate of drug-likeness (QED) is 0.670. The molecule has 2 aromatic heterocycles. The van der Waals surface area contributed by atoms with Gasteiger partial charge >= 0.3 is 0 Å². The fourth-order valence-corrected chi connectivity index (χ4v) is 4.25. The molecule has 0 unspecified atom stereocenters. The van der Waals surface area contributed by atoms with Gasteiger partial charge < -0.3 is 5.32 Å². The van der Waals surface area contributed by atoms with Crippen LogP contribution in [0.2, 0.25) is 0 Å². The zero-order chi connectivity index (χ0) is 19.4. The number of nitriles is 1. The van der Waals surface area contributed by atoms with Crippen molar-refractivity contribution in [2.45, 2.75) is 25.3 Å². The molecule has 27 heavy (non-hydrogen) atoms. The number of pyridine rings is 1. The minimum absolute atomic E-state index is 0.188. The first-order valence-electron chi connectivity index (χ1n) is 8.57. The van der Waals surface area contributed by atoms with E-state index in [0.717, 1.165) is 5.56 Å².